The summed E-state index contributed by atoms with van der Waals surface area (Å²) in [6.45, 7) is 15.2. The van der Waals surface area contributed by atoms with Crippen molar-refractivity contribution in [3.05, 3.63) is 29.3 Å². The minimum absolute atomic E-state index is 0.124. The molecule has 1 aromatic rings. The summed E-state index contributed by atoms with van der Waals surface area (Å²) < 4.78 is 4.86. The standard InChI is InChI=1S/C28H46N2O2/c1-6-7-16-29-17-19-30(20-18-29)26-21-22(9-15-27(31)32-5)8-14-25(26)23-10-12-24(13-11-23)28(2,3)4/h8,14,21,23-24H,6-7,9-13,15-20H2,1-5H3. The summed E-state index contributed by atoms with van der Waals surface area (Å²) in [5.74, 6) is 1.38. The van der Waals surface area contributed by atoms with Crippen LogP contribution in [0.4, 0.5) is 5.69 Å². The molecule has 2 aliphatic rings. The maximum atomic E-state index is 11.7. The average molecular weight is 443 g/mol. The highest BCUT2D eigenvalue weighted by Gasteiger charge is 2.32. The summed E-state index contributed by atoms with van der Waals surface area (Å²) >= 11 is 0. The van der Waals surface area contributed by atoms with E-state index in [0.717, 1.165) is 38.5 Å². The second-order valence-electron chi connectivity index (χ2n) is 11.1. The Labute approximate surface area is 196 Å². The van der Waals surface area contributed by atoms with Gasteiger partial charge in [-0.2, -0.15) is 0 Å². The third-order valence-electron chi connectivity index (χ3n) is 7.87. The van der Waals surface area contributed by atoms with E-state index in [1.54, 1.807) is 5.56 Å². The van der Waals surface area contributed by atoms with Gasteiger partial charge in [0, 0.05) is 38.3 Å². The van der Waals surface area contributed by atoms with E-state index in [0.29, 0.717) is 17.8 Å². The molecular weight excluding hydrogens is 396 g/mol. The van der Waals surface area contributed by atoms with Gasteiger partial charge in [-0.25, -0.2) is 0 Å². The van der Waals surface area contributed by atoms with Gasteiger partial charge in [-0.3, -0.25) is 9.69 Å². The van der Waals surface area contributed by atoms with Gasteiger partial charge >= 0.3 is 5.97 Å². The summed E-state index contributed by atoms with van der Waals surface area (Å²) in [5, 5.41) is 0. The summed E-state index contributed by atoms with van der Waals surface area (Å²) in [4.78, 5) is 16.9. The number of unbranched alkanes of at least 4 members (excludes halogenated alkanes) is 1. The van der Waals surface area contributed by atoms with E-state index in [4.69, 9.17) is 4.74 Å². The van der Waals surface area contributed by atoms with Crippen LogP contribution in [0, 0.1) is 11.3 Å². The molecule has 3 rings (SSSR count). The molecule has 0 bridgehead atoms. The fraction of sp³-hybridized carbons (Fsp3) is 0.750. The zero-order chi connectivity index (χ0) is 23.1. The molecule has 0 radical (unpaired) electrons. The van der Waals surface area contributed by atoms with Crippen LogP contribution in [0.25, 0.3) is 0 Å². The molecule has 0 aromatic heterocycles. The number of nitrogens with zero attached hydrogens (tertiary/aromatic N) is 2. The van der Waals surface area contributed by atoms with Gasteiger partial charge in [0.05, 0.1) is 7.11 Å². The average Bonchev–Trinajstić information content (AvgIpc) is 2.81. The zero-order valence-corrected chi connectivity index (χ0v) is 21.3. The second-order valence-corrected chi connectivity index (χ2v) is 11.1. The van der Waals surface area contributed by atoms with Crippen LogP contribution in [0.15, 0.2) is 18.2 Å². The first-order valence-corrected chi connectivity index (χ1v) is 13.0. The lowest BCUT2D eigenvalue weighted by Crippen LogP contribution is -2.47. The fourth-order valence-electron chi connectivity index (χ4n) is 5.58. The monoisotopic (exact) mass is 442 g/mol. The van der Waals surface area contributed by atoms with Crippen molar-refractivity contribution in [3.8, 4) is 0 Å². The molecule has 180 valence electrons. The van der Waals surface area contributed by atoms with Crippen LogP contribution in [0.5, 0.6) is 0 Å². The molecule has 0 unspecified atom stereocenters. The number of carbonyl (C=O) groups is 1. The van der Waals surface area contributed by atoms with Crippen molar-refractivity contribution in [2.24, 2.45) is 11.3 Å². The van der Waals surface area contributed by atoms with Gasteiger partial charge in [0.2, 0.25) is 0 Å². The van der Waals surface area contributed by atoms with Gasteiger partial charge < -0.3 is 9.64 Å². The van der Waals surface area contributed by atoms with Crippen molar-refractivity contribution in [1.29, 1.82) is 0 Å². The van der Waals surface area contributed by atoms with Crippen molar-refractivity contribution in [2.45, 2.75) is 85.0 Å². The van der Waals surface area contributed by atoms with Crippen molar-refractivity contribution in [2.75, 3.05) is 44.7 Å². The molecule has 0 atom stereocenters. The molecule has 4 nitrogen and oxygen atoms in total. The van der Waals surface area contributed by atoms with Crippen molar-refractivity contribution in [1.82, 2.24) is 4.90 Å². The number of anilines is 1. The number of benzene rings is 1. The third-order valence-corrected chi connectivity index (χ3v) is 7.87. The van der Waals surface area contributed by atoms with Gasteiger partial charge in [-0.1, -0.05) is 46.2 Å². The molecule has 1 aromatic carbocycles. The Bertz CT molecular complexity index is 723. The number of aryl methyl sites for hydroxylation is 1. The van der Waals surface area contributed by atoms with E-state index >= 15 is 0 Å². The molecule has 1 saturated carbocycles. The molecular formula is C28H46N2O2. The number of hydrogen-bond acceptors (Lipinski definition) is 4. The molecule has 0 N–H and O–H groups in total. The number of esters is 1. The number of hydrogen-bond donors (Lipinski definition) is 0. The largest absolute Gasteiger partial charge is 0.469 e. The van der Waals surface area contributed by atoms with E-state index in [-0.39, 0.29) is 5.97 Å². The number of rotatable bonds is 8. The maximum Gasteiger partial charge on any atom is 0.305 e. The summed E-state index contributed by atoms with van der Waals surface area (Å²) in [6.07, 6.45) is 9.05. The van der Waals surface area contributed by atoms with Gasteiger partial charge in [0.15, 0.2) is 0 Å². The lowest BCUT2D eigenvalue weighted by Gasteiger charge is -2.40. The third kappa shape index (κ3) is 6.73. The quantitative estimate of drug-likeness (QED) is 0.460. The Morgan fingerprint density at radius 2 is 1.75 bits per heavy atom. The van der Waals surface area contributed by atoms with Crippen LogP contribution in [0.2, 0.25) is 0 Å². The zero-order valence-electron chi connectivity index (χ0n) is 21.3. The molecule has 1 saturated heterocycles. The topological polar surface area (TPSA) is 32.8 Å². The SMILES string of the molecule is CCCCN1CCN(c2cc(CCC(=O)OC)ccc2C2CCC(C(C)(C)C)CC2)CC1. The predicted octanol–water partition coefficient (Wildman–Crippen LogP) is 6.03. The summed E-state index contributed by atoms with van der Waals surface area (Å²) in [5.41, 5.74) is 4.65. The first kappa shape index (κ1) is 25.1. The molecule has 0 spiro atoms. The van der Waals surface area contributed by atoms with Gasteiger partial charge in [0.25, 0.3) is 0 Å². The van der Waals surface area contributed by atoms with Crippen LogP contribution in [-0.4, -0.2) is 50.7 Å². The first-order valence-electron chi connectivity index (χ1n) is 13.0. The van der Waals surface area contributed by atoms with E-state index < -0.39 is 0 Å². The van der Waals surface area contributed by atoms with E-state index in [1.807, 2.05) is 0 Å². The molecule has 32 heavy (non-hydrogen) atoms. The second kappa shape index (κ2) is 11.5. The van der Waals surface area contributed by atoms with Crippen molar-refractivity contribution in [3.63, 3.8) is 0 Å². The normalized spacial score (nSPS) is 22.7. The van der Waals surface area contributed by atoms with Crippen LogP contribution in [-0.2, 0) is 16.0 Å². The Morgan fingerprint density at radius 1 is 1.06 bits per heavy atom. The fourth-order valence-corrected chi connectivity index (χ4v) is 5.58. The predicted molar refractivity (Wildman–Crippen MR) is 134 cm³/mol. The Balaban J connectivity index is 1.75. The molecule has 2 fully saturated rings. The number of ether oxygens (including phenoxy) is 1. The van der Waals surface area contributed by atoms with Gasteiger partial charge in [-0.15, -0.1) is 0 Å². The first-order chi connectivity index (χ1) is 15.3. The van der Waals surface area contributed by atoms with Crippen LogP contribution >= 0.6 is 0 Å². The number of carbonyl (C=O) groups excluding carboxylic acids is 1. The van der Waals surface area contributed by atoms with Crippen molar-refractivity contribution < 1.29 is 9.53 Å². The lowest BCUT2D eigenvalue weighted by molar-refractivity contribution is -0.140. The number of methoxy groups -OCH3 is 1. The number of piperazine rings is 1. The lowest BCUT2D eigenvalue weighted by atomic mass is 9.68. The highest BCUT2D eigenvalue weighted by molar-refractivity contribution is 5.69. The van der Waals surface area contributed by atoms with Gasteiger partial charge in [-0.05, 0) is 79.5 Å². The van der Waals surface area contributed by atoms with Crippen LogP contribution < -0.4 is 4.90 Å². The minimum Gasteiger partial charge on any atom is -0.469 e. The van der Waals surface area contributed by atoms with Crippen molar-refractivity contribution >= 4 is 11.7 Å². The Morgan fingerprint density at radius 3 is 2.34 bits per heavy atom. The van der Waals surface area contributed by atoms with Crippen LogP contribution in [0.1, 0.15) is 89.7 Å². The smallest absolute Gasteiger partial charge is 0.305 e. The Hall–Kier alpha value is -1.55. The minimum atomic E-state index is -0.124. The maximum absolute atomic E-state index is 11.7. The van der Waals surface area contributed by atoms with E-state index in [2.05, 4.69) is 55.7 Å². The molecule has 1 aliphatic carbocycles. The molecule has 1 heterocycles. The Kier molecular flexibility index (Phi) is 9.04. The van der Waals surface area contributed by atoms with E-state index in [1.165, 1.54) is 63.4 Å². The highest BCUT2D eigenvalue weighted by Crippen LogP contribution is 2.45. The van der Waals surface area contributed by atoms with E-state index in [9.17, 15) is 4.79 Å². The van der Waals surface area contributed by atoms with Crippen LogP contribution in [0.3, 0.4) is 0 Å². The molecule has 0 amide bonds. The molecule has 4 heteroatoms. The highest BCUT2D eigenvalue weighted by atomic mass is 16.5. The molecule has 1 aliphatic heterocycles. The summed E-state index contributed by atoms with van der Waals surface area (Å²) in [6, 6.07) is 7.03. The van der Waals surface area contributed by atoms with Gasteiger partial charge in [0.1, 0.15) is 0 Å². The summed E-state index contributed by atoms with van der Waals surface area (Å²) in [7, 11) is 1.48.